The van der Waals surface area contributed by atoms with Crippen LogP contribution in [0.25, 0.3) is 21.8 Å². The number of rotatable bonds is 6. The van der Waals surface area contributed by atoms with Crippen LogP contribution in [0.4, 0.5) is 8.78 Å². The summed E-state index contributed by atoms with van der Waals surface area (Å²) in [4.78, 5) is 12.0. The summed E-state index contributed by atoms with van der Waals surface area (Å²) >= 11 is 0. The molecular weight excluding hydrogens is 374 g/mol. The van der Waals surface area contributed by atoms with Crippen molar-refractivity contribution in [2.24, 2.45) is 5.73 Å². The lowest BCUT2D eigenvalue weighted by atomic mass is 10.0. The molecule has 2 N–H and O–H groups in total. The first-order valence-electron chi connectivity index (χ1n) is 9.35. The van der Waals surface area contributed by atoms with Gasteiger partial charge in [-0.3, -0.25) is 4.79 Å². The zero-order valence-corrected chi connectivity index (χ0v) is 15.9. The average Bonchev–Trinajstić information content (AvgIpc) is 3.00. The normalized spacial score (nSPS) is 11.4. The summed E-state index contributed by atoms with van der Waals surface area (Å²) in [6, 6.07) is 18.3. The lowest BCUT2D eigenvalue weighted by molar-refractivity contribution is -0.0498. The number of benzene rings is 3. The molecule has 0 bridgehead atoms. The molecule has 0 radical (unpaired) electrons. The first-order valence-corrected chi connectivity index (χ1v) is 9.35. The van der Waals surface area contributed by atoms with Gasteiger partial charge in [0, 0.05) is 28.4 Å². The molecule has 1 aromatic heterocycles. The van der Waals surface area contributed by atoms with Crippen molar-refractivity contribution in [3.8, 4) is 5.75 Å². The Bertz CT molecular complexity index is 1210. The molecule has 1 amide bonds. The predicted octanol–water partition coefficient (Wildman–Crippen LogP) is 5.11. The number of aromatic nitrogens is 1. The summed E-state index contributed by atoms with van der Waals surface area (Å²) in [5.74, 6) is -0.369. The molecule has 0 atom stereocenters. The van der Waals surface area contributed by atoms with E-state index in [2.05, 4.69) is 22.3 Å². The standard InChI is InChI=1S/C23H20F2N2O2/c1-2-14-9-10-17-20(12-14)27(19-8-4-7-18(21(17)19)22(26)28)13-15-5-3-6-16(11-15)29-23(24)25/h3-12,23H,2,13H2,1H3,(H2,26,28). The fourth-order valence-electron chi connectivity index (χ4n) is 3.79. The van der Waals surface area contributed by atoms with Gasteiger partial charge in [0.15, 0.2) is 0 Å². The molecule has 0 aliphatic rings. The smallest absolute Gasteiger partial charge is 0.387 e. The molecule has 4 rings (SSSR count). The van der Waals surface area contributed by atoms with E-state index in [1.54, 1.807) is 24.3 Å². The highest BCUT2D eigenvalue weighted by Gasteiger charge is 2.17. The van der Waals surface area contributed by atoms with Gasteiger partial charge in [0.1, 0.15) is 5.75 Å². The molecular formula is C23H20F2N2O2. The Morgan fingerprint density at radius 1 is 1.03 bits per heavy atom. The average molecular weight is 394 g/mol. The van der Waals surface area contributed by atoms with Crippen molar-refractivity contribution in [3.63, 3.8) is 0 Å². The van der Waals surface area contributed by atoms with Crippen molar-refractivity contribution in [1.29, 1.82) is 0 Å². The van der Waals surface area contributed by atoms with Crippen molar-refractivity contribution in [1.82, 2.24) is 4.57 Å². The van der Waals surface area contributed by atoms with Crippen LogP contribution in [-0.2, 0) is 13.0 Å². The number of primary amides is 1. The molecule has 1 heterocycles. The summed E-state index contributed by atoms with van der Waals surface area (Å²) in [5, 5.41) is 1.74. The third-order valence-corrected chi connectivity index (χ3v) is 5.09. The fourth-order valence-corrected chi connectivity index (χ4v) is 3.79. The van der Waals surface area contributed by atoms with Crippen molar-refractivity contribution >= 4 is 27.7 Å². The van der Waals surface area contributed by atoms with Crippen LogP contribution in [0.15, 0.2) is 60.7 Å². The summed E-state index contributed by atoms with van der Waals surface area (Å²) in [7, 11) is 0. The summed E-state index contributed by atoms with van der Waals surface area (Å²) in [6.45, 7) is -0.354. The maximum Gasteiger partial charge on any atom is 0.387 e. The van der Waals surface area contributed by atoms with E-state index in [0.29, 0.717) is 12.1 Å². The number of nitrogens with zero attached hydrogens (tertiary/aromatic N) is 1. The topological polar surface area (TPSA) is 57.2 Å². The number of carbonyl (C=O) groups excluding carboxylic acids is 1. The van der Waals surface area contributed by atoms with E-state index in [9.17, 15) is 13.6 Å². The first-order chi connectivity index (χ1) is 14.0. The molecule has 4 aromatic rings. The number of hydrogen-bond donors (Lipinski definition) is 1. The number of halogens is 2. The van der Waals surface area contributed by atoms with Crippen LogP contribution in [-0.4, -0.2) is 17.1 Å². The second kappa shape index (κ2) is 7.54. The number of fused-ring (bicyclic) bond motifs is 3. The van der Waals surface area contributed by atoms with Crippen LogP contribution in [0.3, 0.4) is 0 Å². The van der Waals surface area contributed by atoms with E-state index in [1.165, 1.54) is 6.07 Å². The quantitative estimate of drug-likeness (QED) is 0.494. The molecule has 0 aliphatic heterocycles. The monoisotopic (exact) mass is 394 g/mol. The lowest BCUT2D eigenvalue weighted by Crippen LogP contribution is -2.11. The van der Waals surface area contributed by atoms with Gasteiger partial charge in [0.2, 0.25) is 5.91 Å². The van der Waals surface area contributed by atoms with Gasteiger partial charge in [0.05, 0.1) is 5.52 Å². The number of amides is 1. The third kappa shape index (κ3) is 3.53. The maximum absolute atomic E-state index is 12.6. The third-order valence-electron chi connectivity index (χ3n) is 5.09. The van der Waals surface area contributed by atoms with E-state index < -0.39 is 12.5 Å². The van der Waals surface area contributed by atoms with E-state index in [4.69, 9.17) is 5.73 Å². The highest BCUT2D eigenvalue weighted by Crippen LogP contribution is 2.33. The van der Waals surface area contributed by atoms with Crippen LogP contribution >= 0.6 is 0 Å². The van der Waals surface area contributed by atoms with Gasteiger partial charge in [0.25, 0.3) is 0 Å². The van der Waals surface area contributed by atoms with Crippen molar-refractivity contribution in [2.75, 3.05) is 0 Å². The molecule has 0 unspecified atom stereocenters. The van der Waals surface area contributed by atoms with Gasteiger partial charge in [-0.2, -0.15) is 8.78 Å². The van der Waals surface area contributed by atoms with Crippen LogP contribution in [0.2, 0.25) is 0 Å². The van der Waals surface area contributed by atoms with Gasteiger partial charge in [-0.05, 0) is 47.9 Å². The Morgan fingerprint density at radius 3 is 2.55 bits per heavy atom. The molecule has 0 spiro atoms. The minimum atomic E-state index is -2.87. The Morgan fingerprint density at radius 2 is 1.83 bits per heavy atom. The van der Waals surface area contributed by atoms with Crippen LogP contribution < -0.4 is 10.5 Å². The molecule has 4 nitrogen and oxygen atoms in total. The summed E-state index contributed by atoms with van der Waals surface area (Å²) < 4.78 is 31.8. The van der Waals surface area contributed by atoms with Crippen molar-refractivity contribution in [2.45, 2.75) is 26.5 Å². The molecule has 0 fully saturated rings. The molecule has 6 heteroatoms. The molecule has 0 saturated heterocycles. The lowest BCUT2D eigenvalue weighted by Gasteiger charge is -2.11. The van der Waals surface area contributed by atoms with E-state index in [-0.39, 0.29) is 5.75 Å². The van der Waals surface area contributed by atoms with Crippen LogP contribution in [0.5, 0.6) is 5.75 Å². The van der Waals surface area contributed by atoms with E-state index in [1.807, 2.05) is 24.3 Å². The first kappa shape index (κ1) is 18.9. The molecule has 3 aromatic carbocycles. The fraction of sp³-hybridized carbons (Fsp3) is 0.174. The van der Waals surface area contributed by atoms with Crippen molar-refractivity contribution < 1.29 is 18.3 Å². The Hall–Kier alpha value is -3.41. The van der Waals surface area contributed by atoms with Crippen molar-refractivity contribution in [3.05, 3.63) is 77.4 Å². The number of nitrogens with two attached hydrogens (primary N) is 1. The number of ether oxygens (including phenoxy) is 1. The van der Waals surface area contributed by atoms with E-state index in [0.717, 1.165) is 39.4 Å². The minimum absolute atomic E-state index is 0.116. The number of alkyl halides is 2. The van der Waals surface area contributed by atoms with Gasteiger partial charge >= 0.3 is 6.61 Å². The number of carbonyl (C=O) groups is 1. The Balaban J connectivity index is 1.93. The molecule has 148 valence electrons. The molecule has 0 saturated carbocycles. The predicted molar refractivity (Wildman–Crippen MR) is 110 cm³/mol. The second-order valence-electron chi connectivity index (χ2n) is 6.88. The summed E-state index contributed by atoms with van der Waals surface area (Å²) in [5.41, 5.74) is 9.89. The molecule has 29 heavy (non-hydrogen) atoms. The number of hydrogen-bond acceptors (Lipinski definition) is 2. The highest BCUT2D eigenvalue weighted by molar-refractivity contribution is 6.17. The minimum Gasteiger partial charge on any atom is -0.435 e. The SMILES string of the molecule is CCc1ccc2c3c(C(N)=O)cccc3n(Cc3cccc(OC(F)F)c3)c2c1. The van der Waals surface area contributed by atoms with Crippen LogP contribution in [0, 0.1) is 0 Å². The second-order valence-corrected chi connectivity index (χ2v) is 6.88. The van der Waals surface area contributed by atoms with Gasteiger partial charge in [-0.1, -0.05) is 37.3 Å². The number of aryl methyl sites for hydroxylation is 1. The Kier molecular flexibility index (Phi) is 4.92. The van der Waals surface area contributed by atoms with Gasteiger partial charge in [-0.15, -0.1) is 0 Å². The highest BCUT2D eigenvalue weighted by atomic mass is 19.3. The van der Waals surface area contributed by atoms with Gasteiger partial charge in [-0.25, -0.2) is 0 Å². The largest absolute Gasteiger partial charge is 0.435 e. The molecule has 0 aliphatic carbocycles. The maximum atomic E-state index is 12.6. The van der Waals surface area contributed by atoms with E-state index >= 15 is 0 Å². The van der Waals surface area contributed by atoms with Crippen LogP contribution in [0.1, 0.15) is 28.4 Å². The van der Waals surface area contributed by atoms with Gasteiger partial charge < -0.3 is 15.0 Å². The zero-order valence-electron chi connectivity index (χ0n) is 15.9. The zero-order chi connectivity index (χ0) is 20.5. The Labute approximate surface area is 166 Å². The summed E-state index contributed by atoms with van der Waals surface area (Å²) in [6.07, 6.45) is 0.873.